The van der Waals surface area contributed by atoms with Crippen LogP contribution in [0.1, 0.15) is 48.0 Å². The molecule has 0 atom stereocenters. The van der Waals surface area contributed by atoms with E-state index in [2.05, 4.69) is 26.1 Å². The van der Waals surface area contributed by atoms with E-state index in [1.165, 1.54) is 0 Å². The van der Waals surface area contributed by atoms with E-state index >= 15 is 0 Å². The second kappa shape index (κ2) is 8.67. The van der Waals surface area contributed by atoms with Gasteiger partial charge in [-0.1, -0.05) is 20.8 Å². The summed E-state index contributed by atoms with van der Waals surface area (Å²) < 4.78 is 10.8. The van der Waals surface area contributed by atoms with Crippen molar-refractivity contribution < 1.29 is 14.3 Å². The van der Waals surface area contributed by atoms with Crippen LogP contribution >= 0.6 is 0 Å². The molecule has 0 aromatic carbocycles. The minimum atomic E-state index is -0.280. The first-order valence-corrected chi connectivity index (χ1v) is 7.13. The number of hydrogen-bond acceptors (Lipinski definition) is 4. The maximum absolute atomic E-state index is 11.8. The molecule has 19 heavy (non-hydrogen) atoms. The van der Waals surface area contributed by atoms with Crippen LogP contribution in [-0.2, 0) is 14.3 Å². The monoisotopic (exact) mass is 273 g/mol. The van der Waals surface area contributed by atoms with Crippen molar-refractivity contribution >= 4 is 5.78 Å². The van der Waals surface area contributed by atoms with Gasteiger partial charge >= 0.3 is 0 Å². The van der Waals surface area contributed by atoms with Gasteiger partial charge in [0.1, 0.15) is 6.61 Å². The van der Waals surface area contributed by atoms with Crippen LogP contribution in [0.3, 0.4) is 0 Å². The van der Waals surface area contributed by atoms with Gasteiger partial charge in [-0.25, -0.2) is 0 Å². The predicted molar refractivity (Wildman–Crippen MR) is 78.5 cm³/mol. The quantitative estimate of drug-likeness (QED) is 0.621. The van der Waals surface area contributed by atoms with E-state index in [1.807, 2.05) is 20.8 Å². The van der Waals surface area contributed by atoms with Gasteiger partial charge in [0.05, 0.1) is 19.8 Å². The Bertz CT molecular complexity index is 257. The molecule has 0 saturated heterocycles. The van der Waals surface area contributed by atoms with Crippen molar-refractivity contribution in [3.05, 3.63) is 0 Å². The highest BCUT2D eigenvalue weighted by atomic mass is 16.5. The molecule has 1 N–H and O–H groups in total. The topological polar surface area (TPSA) is 47.6 Å². The minimum absolute atomic E-state index is 0.123. The fourth-order valence-electron chi connectivity index (χ4n) is 1.28. The lowest BCUT2D eigenvalue weighted by Crippen LogP contribution is -2.38. The van der Waals surface area contributed by atoms with Crippen molar-refractivity contribution in [1.82, 2.24) is 5.32 Å². The van der Waals surface area contributed by atoms with Gasteiger partial charge in [0.2, 0.25) is 0 Å². The first-order chi connectivity index (χ1) is 8.69. The van der Waals surface area contributed by atoms with Crippen molar-refractivity contribution in [2.75, 3.05) is 33.0 Å². The number of Topliss-reactive ketones (excluding diaryl/α,β-unsaturated/α-hetero) is 1. The Morgan fingerprint density at radius 3 is 2.11 bits per heavy atom. The maximum atomic E-state index is 11.8. The summed E-state index contributed by atoms with van der Waals surface area (Å²) in [5, 5.41) is 3.34. The van der Waals surface area contributed by atoms with Crippen molar-refractivity contribution in [3.8, 4) is 0 Å². The summed E-state index contributed by atoms with van der Waals surface area (Å²) >= 11 is 0. The summed E-state index contributed by atoms with van der Waals surface area (Å²) in [6.45, 7) is 15.0. The first-order valence-electron chi connectivity index (χ1n) is 7.13. The molecule has 0 aliphatic heterocycles. The van der Waals surface area contributed by atoms with E-state index in [0.29, 0.717) is 19.8 Å². The molecule has 4 heteroatoms. The van der Waals surface area contributed by atoms with Crippen LogP contribution in [0.25, 0.3) is 0 Å². The van der Waals surface area contributed by atoms with Gasteiger partial charge in [-0.2, -0.15) is 0 Å². The van der Waals surface area contributed by atoms with E-state index in [1.54, 1.807) is 0 Å². The van der Waals surface area contributed by atoms with E-state index in [9.17, 15) is 4.79 Å². The summed E-state index contributed by atoms with van der Waals surface area (Å²) in [7, 11) is 0. The molecule has 0 aliphatic rings. The van der Waals surface area contributed by atoms with Crippen molar-refractivity contribution in [2.45, 2.75) is 53.5 Å². The standard InChI is InChI=1S/C15H31NO3/c1-7-15(5,6)13(17)12-19-11-10-18-9-8-16-14(2,3)4/h16H,7-12H2,1-6H3. The lowest BCUT2D eigenvalue weighted by atomic mass is 9.86. The highest BCUT2D eigenvalue weighted by molar-refractivity contribution is 5.85. The largest absolute Gasteiger partial charge is 0.378 e. The molecular formula is C15H31NO3. The molecule has 0 aromatic heterocycles. The molecule has 114 valence electrons. The van der Waals surface area contributed by atoms with Crippen molar-refractivity contribution in [1.29, 1.82) is 0 Å². The number of rotatable bonds is 10. The average Bonchev–Trinajstić information content (AvgIpc) is 2.30. The third kappa shape index (κ3) is 10.0. The normalized spacial score (nSPS) is 12.7. The first kappa shape index (κ1) is 18.6. The van der Waals surface area contributed by atoms with Gasteiger partial charge in [-0.3, -0.25) is 4.79 Å². The summed E-state index contributed by atoms with van der Waals surface area (Å²) in [5.41, 5.74) is -0.157. The zero-order valence-electron chi connectivity index (χ0n) is 13.5. The molecule has 0 unspecified atom stereocenters. The lowest BCUT2D eigenvalue weighted by molar-refractivity contribution is -0.132. The zero-order valence-corrected chi connectivity index (χ0v) is 13.5. The number of ether oxygens (including phenoxy) is 2. The lowest BCUT2D eigenvalue weighted by Gasteiger charge is -2.21. The SMILES string of the molecule is CCC(C)(C)C(=O)COCCOCCNC(C)(C)C. The molecule has 0 bridgehead atoms. The van der Waals surface area contributed by atoms with Crippen LogP contribution in [0.4, 0.5) is 0 Å². The minimum Gasteiger partial charge on any atom is -0.378 e. The number of hydrogen-bond donors (Lipinski definition) is 1. The van der Waals surface area contributed by atoms with Crippen LogP contribution in [0.5, 0.6) is 0 Å². The van der Waals surface area contributed by atoms with Gasteiger partial charge in [0.15, 0.2) is 5.78 Å². The Morgan fingerprint density at radius 1 is 1.00 bits per heavy atom. The van der Waals surface area contributed by atoms with E-state index < -0.39 is 0 Å². The number of carbonyl (C=O) groups excluding carboxylic acids is 1. The molecule has 0 amide bonds. The number of ketones is 1. The van der Waals surface area contributed by atoms with Crippen molar-refractivity contribution in [3.63, 3.8) is 0 Å². The highest BCUT2D eigenvalue weighted by Crippen LogP contribution is 2.20. The van der Waals surface area contributed by atoms with Gasteiger partial charge in [0, 0.05) is 17.5 Å². The predicted octanol–water partition coefficient (Wildman–Crippen LogP) is 2.41. The second-order valence-electron chi connectivity index (χ2n) is 6.50. The summed E-state index contributed by atoms with van der Waals surface area (Å²) in [6, 6.07) is 0. The molecular weight excluding hydrogens is 242 g/mol. The summed E-state index contributed by atoms with van der Waals surface area (Å²) in [4.78, 5) is 11.8. The number of carbonyl (C=O) groups is 1. The van der Waals surface area contributed by atoms with E-state index in [-0.39, 0.29) is 23.3 Å². The Balaban J connectivity index is 3.44. The molecule has 0 spiro atoms. The Hall–Kier alpha value is -0.450. The molecule has 0 rings (SSSR count). The molecule has 0 heterocycles. The van der Waals surface area contributed by atoms with Gasteiger partial charge in [-0.15, -0.1) is 0 Å². The van der Waals surface area contributed by atoms with Gasteiger partial charge in [-0.05, 0) is 27.2 Å². The molecule has 0 aliphatic carbocycles. The van der Waals surface area contributed by atoms with Crippen LogP contribution in [-0.4, -0.2) is 44.3 Å². The van der Waals surface area contributed by atoms with Crippen molar-refractivity contribution in [2.24, 2.45) is 5.41 Å². The summed E-state index contributed by atoms with van der Waals surface area (Å²) in [5.74, 6) is 0.157. The van der Waals surface area contributed by atoms with Crippen LogP contribution in [0.15, 0.2) is 0 Å². The molecule has 0 saturated carbocycles. The van der Waals surface area contributed by atoms with Gasteiger partial charge < -0.3 is 14.8 Å². The molecule has 0 fully saturated rings. The second-order valence-corrected chi connectivity index (χ2v) is 6.50. The third-order valence-corrected chi connectivity index (χ3v) is 3.15. The van der Waals surface area contributed by atoms with E-state index in [4.69, 9.17) is 9.47 Å². The van der Waals surface area contributed by atoms with Crippen LogP contribution in [0.2, 0.25) is 0 Å². The average molecular weight is 273 g/mol. The fraction of sp³-hybridized carbons (Fsp3) is 0.933. The smallest absolute Gasteiger partial charge is 0.164 e. The molecule has 0 radical (unpaired) electrons. The highest BCUT2D eigenvalue weighted by Gasteiger charge is 2.24. The maximum Gasteiger partial charge on any atom is 0.164 e. The molecule has 0 aromatic rings. The van der Waals surface area contributed by atoms with Crippen LogP contribution in [0, 0.1) is 5.41 Å². The zero-order chi connectivity index (χ0) is 14.9. The Labute approximate surface area is 118 Å². The molecule has 4 nitrogen and oxygen atoms in total. The van der Waals surface area contributed by atoms with Gasteiger partial charge in [0.25, 0.3) is 0 Å². The van der Waals surface area contributed by atoms with E-state index in [0.717, 1.165) is 13.0 Å². The third-order valence-electron chi connectivity index (χ3n) is 3.15. The fourth-order valence-corrected chi connectivity index (χ4v) is 1.28. The Kier molecular flexibility index (Phi) is 8.46. The summed E-state index contributed by atoms with van der Waals surface area (Å²) in [6.07, 6.45) is 0.837. The Morgan fingerprint density at radius 2 is 1.58 bits per heavy atom. The number of nitrogens with one attached hydrogen (secondary N) is 1. The van der Waals surface area contributed by atoms with Crippen LogP contribution < -0.4 is 5.32 Å².